The predicted octanol–water partition coefficient (Wildman–Crippen LogP) is 3.56. The van der Waals surface area contributed by atoms with Gasteiger partial charge in [-0.1, -0.05) is 37.6 Å². The first-order valence-corrected chi connectivity index (χ1v) is 11.5. The van der Waals surface area contributed by atoms with Gasteiger partial charge in [-0.3, -0.25) is 14.4 Å². The first kappa shape index (κ1) is 25.2. The summed E-state index contributed by atoms with van der Waals surface area (Å²) in [6.45, 7) is 3.26. The molecule has 2 aromatic carbocycles. The third-order valence-corrected chi connectivity index (χ3v) is 5.36. The lowest BCUT2D eigenvalue weighted by Gasteiger charge is -2.19. The minimum atomic E-state index is -0.924. The fourth-order valence-electron chi connectivity index (χ4n) is 3.23. The van der Waals surface area contributed by atoms with Crippen LogP contribution in [0.2, 0.25) is 5.02 Å². The van der Waals surface area contributed by atoms with E-state index in [-0.39, 0.29) is 17.9 Å². The molecule has 8 nitrogen and oxygen atoms in total. The Hall–Kier alpha value is -3.39. The molecule has 3 N–H and O–H groups in total. The van der Waals surface area contributed by atoms with Crippen molar-refractivity contribution in [2.45, 2.75) is 45.2 Å². The van der Waals surface area contributed by atoms with Crippen molar-refractivity contribution in [3.63, 3.8) is 0 Å². The molecule has 0 saturated heterocycles. The van der Waals surface area contributed by atoms with Crippen molar-refractivity contribution < 1.29 is 23.9 Å². The van der Waals surface area contributed by atoms with Crippen molar-refractivity contribution >= 4 is 41.0 Å². The molecule has 0 radical (unpaired) electrons. The lowest BCUT2D eigenvalue weighted by molar-refractivity contribution is -0.149. The van der Waals surface area contributed by atoms with Crippen LogP contribution in [-0.2, 0) is 14.3 Å². The second-order valence-corrected chi connectivity index (χ2v) is 9.05. The first-order valence-electron chi connectivity index (χ1n) is 11.2. The van der Waals surface area contributed by atoms with Crippen molar-refractivity contribution in [1.29, 1.82) is 0 Å². The highest BCUT2D eigenvalue weighted by atomic mass is 35.5. The maximum Gasteiger partial charge on any atom is 0.329 e. The number of carbonyl (C=O) groups is 4. The summed E-state index contributed by atoms with van der Waals surface area (Å²) in [5.74, 6) is -1.93. The molecule has 0 bridgehead atoms. The number of para-hydroxylation sites is 1. The lowest BCUT2D eigenvalue weighted by atomic mass is 10.0. The number of benzene rings is 2. The first-order chi connectivity index (χ1) is 16.2. The maximum atomic E-state index is 12.7. The van der Waals surface area contributed by atoms with Crippen LogP contribution in [0.25, 0.3) is 0 Å². The second kappa shape index (κ2) is 11.7. The van der Waals surface area contributed by atoms with Gasteiger partial charge in [0.1, 0.15) is 6.04 Å². The van der Waals surface area contributed by atoms with E-state index in [2.05, 4.69) is 16.0 Å². The van der Waals surface area contributed by atoms with E-state index in [4.69, 9.17) is 16.3 Å². The number of rotatable bonds is 10. The van der Waals surface area contributed by atoms with E-state index < -0.39 is 30.4 Å². The van der Waals surface area contributed by atoms with Crippen LogP contribution < -0.4 is 16.0 Å². The fraction of sp³-hybridized carbons (Fsp3) is 0.360. The average molecular weight is 486 g/mol. The van der Waals surface area contributed by atoms with Gasteiger partial charge in [0.15, 0.2) is 6.61 Å². The van der Waals surface area contributed by atoms with E-state index in [9.17, 15) is 19.2 Å². The van der Waals surface area contributed by atoms with Crippen LogP contribution in [0.15, 0.2) is 48.5 Å². The molecule has 3 amide bonds. The highest BCUT2D eigenvalue weighted by Gasteiger charge is 2.26. The van der Waals surface area contributed by atoms with Crippen molar-refractivity contribution in [2.24, 2.45) is 5.92 Å². The third kappa shape index (κ3) is 7.59. The molecule has 1 fully saturated rings. The van der Waals surface area contributed by atoms with E-state index in [1.54, 1.807) is 48.5 Å². The summed E-state index contributed by atoms with van der Waals surface area (Å²) in [6, 6.07) is 12.2. The van der Waals surface area contributed by atoms with Gasteiger partial charge >= 0.3 is 5.97 Å². The Morgan fingerprint density at radius 3 is 2.32 bits per heavy atom. The minimum absolute atomic E-state index is 0.0914. The lowest BCUT2D eigenvalue weighted by Crippen LogP contribution is -2.43. The standard InChI is InChI=1S/C25H28ClN3O5/c1-15(2)13-21(29-23(31)16-7-9-17(26)10-8-16)25(33)34-14-22(30)28-20-6-4-3-5-19(20)24(32)27-18-11-12-18/h3-10,15,18,21H,11-14H2,1-2H3,(H,27,32)(H,28,30)(H,29,31). The summed E-state index contributed by atoms with van der Waals surface area (Å²) >= 11 is 5.86. The molecule has 0 heterocycles. The van der Waals surface area contributed by atoms with Crippen LogP contribution >= 0.6 is 11.6 Å². The zero-order valence-electron chi connectivity index (χ0n) is 19.1. The number of ether oxygens (including phenoxy) is 1. The molecule has 180 valence electrons. The zero-order valence-corrected chi connectivity index (χ0v) is 19.9. The number of hydrogen-bond donors (Lipinski definition) is 3. The van der Waals surface area contributed by atoms with Crippen molar-refractivity contribution in [1.82, 2.24) is 10.6 Å². The van der Waals surface area contributed by atoms with Gasteiger partial charge in [-0.05, 0) is 61.6 Å². The van der Waals surface area contributed by atoms with Crippen LogP contribution in [0, 0.1) is 5.92 Å². The van der Waals surface area contributed by atoms with Gasteiger partial charge in [0.2, 0.25) is 0 Å². The Morgan fingerprint density at radius 1 is 1.00 bits per heavy atom. The third-order valence-electron chi connectivity index (χ3n) is 5.11. The van der Waals surface area contributed by atoms with E-state index in [0.717, 1.165) is 12.8 Å². The Kier molecular flexibility index (Phi) is 8.65. The fourth-order valence-corrected chi connectivity index (χ4v) is 3.36. The molecule has 1 saturated carbocycles. The topological polar surface area (TPSA) is 114 Å². The summed E-state index contributed by atoms with van der Waals surface area (Å²) in [5, 5.41) is 8.65. The van der Waals surface area contributed by atoms with Crippen LogP contribution in [0.5, 0.6) is 0 Å². The zero-order chi connectivity index (χ0) is 24.7. The van der Waals surface area contributed by atoms with Crippen molar-refractivity contribution in [2.75, 3.05) is 11.9 Å². The Bertz CT molecular complexity index is 1050. The van der Waals surface area contributed by atoms with Crippen molar-refractivity contribution in [3.05, 3.63) is 64.7 Å². The Labute approximate surface area is 203 Å². The van der Waals surface area contributed by atoms with Gasteiger partial charge < -0.3 is 20.7 Å². The molecule has 1 atom stereocenters. The quantitative estimate of drug-likeness (QED) is 0.445. The van der Waals surface area contributed by atoms with Crippen LogP contribution in [0.3, 0.4) is 0 Å². The van der Waals surface area contributed by atoms with Gasteiger partial charge in [-0.25, -0.2) is 4.79 Å². The number of halogens is 1. The molecule has 3 rings (SSSR count). The average Bonchev–Trinajstić information content (AvgIpc) is 3.61. The Balaban J connectivity index is 1.57. The molecule has 0 aromatic heterocycles. The molecule has 9 heteroatoms. The largest absolute Gasteiger partial charge is 0.454 e. The number of amides is 3. The van der Waals surface area contributed by atoms with Crippen LogP contribution in [0.4, 0.5) is 5.69 Å². The van der Waals surface area contributed by atoms with Crippen LogP contribution in [0.1, 0.15) is 53.8 Å². The van der Waals surface area contributed by atoms with E-state index >= 15 is 0 Å². The highest BCUT2D eigenvalue weighted by Crippen LogP contribution is 2.21. The van der Waals surface area contributed by atoms with Gasteiger partial charge in [0.25, 0.3) is 17.7 Å². The SMILES string of the molecule is CC(C)CC(NC(=O)c1ccc(Cl)cc1)C(=O)OCC(=O)Nc1ccccc1C(=O)NC1CC1. The summed E-state index contributed by atoms with van der Waals surface area (Å²) in [7, 11) is 0. The molecule has 2 aromatic rings. The van der Waals surface area contributed by atoms with Gasteiger partial charge in [0.05, 0.1) is 11.3 Å². The molecule has 0 spiro atoms. The van der Waals surface area contributed by atoms with Crippen LogP contribution in [-0.4, -0.2) is 42.4 Å². The number of hydrogen-bond acceptors (Lipinski definition) is 5. The monoisotopic (exact) mass is 485 g/mol. The van der Waals surface area contributed by atoms with E-state index in [0.29, 0.717) is 28.3 Å². The summed E-state index contributed by atoms with van der Waals surface area (Å²) < 4.78 is 5.18. The molecule has 1 unspecified atom stereocenters. The van der Waals surface area contributed by atoms with Gasteiger partial charge in [-0.2, -0.15) is 0 Å². The molecule has 0 aliphatic heterocycles. The maximum absolute atomic E-state index is 12.7. The Morgan fingerprint density at radius 2 is 1.68 bits per heavy atom. The number of carbonyl (C=O) groups excluding carboxylic acids is 4. The number of esters is 1. The van der Waals surface area contributed by atoms with E-state index in [1.807, 2.05) is 13.8 Å². The predicted molar refractivity (Wildman–Crippen MR) is 129 cm³/mol. The highest BCUT2D eigenvalue weighted by molar-refractivity contribution is 6.30. The normalized spacial score (nSPS) is 13.6. The summed E-state index contributed by atoms with van der Waals surface area (Å²) in [5.41, 5.74) is 1.02. The minimum Gasteiger partial charge on any atom is -0.454 e. The second-order valence-electron chi connectivity index (χ2n) is 8.61. The molecule has 1 aliphatic carbocycles. The van der Waals surface area contributed by atoms with Gasteiger partial charge in [-0.15, -0.1) is 0 Å². The number of nitrogens with one attached hydrogen (secondary N) is 3. The molecule has 34 heavy (non-hydrogen) atoms. The summed E-state index contributed by atoms with van der Waals surface area (Å²) in [4.78, 5) is 50.0. The van der Waals surface area contributed by atoms with E-state index in [1.165, 1.54) is 0 Å². The van der Waals surface area contributed by atoms with Gasteiger partial charge in [0, 0.05) is 16.6 Å². The van der Waals surface area contributed by atoms with Crippen molar-refractivity contribution in [3.8, 4) is 0 Å². The summed E-state index contributed by atoms with van der Waals surface area (Å²) in [6.07, 6.45) is 2.23. The molecular weight excluding hydrogens is 458 g/mol. The number of anilines is 1. The smallest absolute Gasteiger partial charge is 0.329 e. The molecular formula is C25H28ClN3O5. The molecule has 1 aliphatic rings.